The number of amides is 2. The van der Waals surface area contributed by atoms with Crippen molar-refractivity contribution in [2.75, 3.05) is 19.4 Å². The molecule has 0 unspecified atom stereocenters. The predicted molar refractivity (Wildman–Crippen MR) is 105 cm³/mol. The summed E-state index contributed by atoms with van der Waals surface area (Å²) >= 11 is 14.7. The molecule has 1 aromatic carbocycles. The summed E-state index contributed by atoms with van der Waals surface area (Å²) in [6.07, 6.45) is 0. The Labute approximate surface area is 162 Å². The lowest BCUT2D eigenvalue weighted by molar-refractivity contribution is 0.0831. The molecule has 0 saturated carbocycles. The molecular formula is C16H13Cl2N3O2S2. The van der Waals surface area contributed by atoms with Crippen LogP contribution in [0.4, 0.5) is 5.13 Å². The van der Waals surface area contributed by atoms with Crippen LogP contribution in [-0.4, -0.2) is 35.8 Å². The highest BCUT2D eigenvalue weighted by Gasteiger charge is 2.21. The summed E-state index contributed by atoms with van der Waals surface area (Å²) in [5, 5.41) is 4.82. The number of halogens is 2. The van der Waals surface area contributed by atoms with Crippen molar-refractivity contribution in [1.82, 2.24) is 9.88 Å². The molecule has 0 spiro atoms. The number of carbonyl (C=O) groups is 2. The van der Waals surface area contributed by atoms with E-state index >= 15 is 0 Å². The van der Waals surface area contributed by atoms with E-state index in [-0.39, 0.29) is 11.8 Å². The van der Waals surface area contributed by atoms with E-state index in [0.29, 0.717) is 30.6 Å². The molecule has 0 aliphatic rings. The van der Waals surface area contributed by atoms with Gasteiger partial charge in [0.2, 0.25) is 0 Å². The number of benzene rings is 1. The molecule has 3 rings (SSSR count). The van der Waals surface area contributed by atoms with Gasteiger partial charge in [0.05, 0.1) is 10.7 Å². The van der Waals surface area contributed by atoms with Gasteiger partial charge >= 0.3 is 0 Å². The molecule has 1 N–H and O–H groups in total. The van der Waals surface area contributed by atoms with Crippen LogP contribution in [0.3, 0.4) is 0 Å². The number of rotatable bonds is 3. The van der Waals surface area contributed by atoms with Crippen molar-refractivity contribution in [2.45, 2.75) is 6.92 Å². The molecule has 2 amide bonds. The van der Waals surface area contributed by atoms with E-state index in [9.17, 15) is 9.59 Å². The van der Waals surface area contributed by atoms with E-state index in [1.165, 1.54) is 16.2 Å². The second-order valence-electron chi connectivity index (χ2n) is 5.47. The minimum Gasteiger partial charge on any atom is -0.344 e. The zero-order chi connectivity index (χ0) is 18.3. The number of nitrogens with one attached hydrogen (secondary N) is 1. The average Bonchev–Trinajstić information content (AvgIpc) is 3.06. The third kappa shape index (κ3) is 3.50. The summed E-state index contributed by atoms with van der Waals surface area (Å²) in [5.74, 6) is -0.509. The molecule has 0 radical (unpaired) electrons. The first-order valence-corrected chi connectivity index (χ1v) is 9.54. The summed E-state index contributed by atoms with van der Waals surface area (Å²) in [6, 6.07) is 5.29. The Hall–Kier alpha value is -1.67. The average molecular weight is 414 g/mol. The van der Waals surface area contributed by atoms with Gasteiger partial charge in [0.25, 0.3) is 11.8 Å². The molecule has 0 aliphatic carbocycles. The topological polar surface area (TPSA) is 62.3 Å². The molecule has 3 aromatic rings. The van der Waals surface area contributed by atoms with Gasteiger partial charge in [-0.3, -0.25) is 14.9 Å². The highest BCUT2D eigenvalue weighted by Crippen LogP contribution is 2.37. The number of nitrogens with zero attached hydrogens (tertiary/aromatic N) is 2. The second-order valence-corrected chi connectivity index (χ2v) is 8.34. The molecule has 0 atom stereocenters. The number of carbonyl (C=O) groups excluding carboxylic acids is 2. The number of hydrogen-bond donors (Lipinski definition) is 1. The number of fused-ring (bicyclic) bond motifs is 1. The van der Waals surface area contributed by atoms with E-state index in [0.717, 1.165) is 21.4 Å². The van der Waals surface area contributed by atoms with Crippen LogP contribution in [0.1, 0.15) is 25.0 Å². The highest BCUT2D eigenvalue weighted by atomic mass is 35.5. The van der Waals surface area contributed by atoms with Crippen LogP contribution >= 0.6 is 45.9 Å². The Balaban J connectivity index is 1.89. The molecule has 0 saturated heterocycles. The number of thiazole rings is 1. The first-order valence-electron chi connectivity index (χ1n) is 7.16. The van der Waals surface area contributed by atoms with E-state index in [2.05, 4.69) is 10.3 Å². The van der Waals surface area contributed by atoms with Gasteiger partial charge in [-0.2, -0.15) is 0 Å². The first-order chi connectivity index (χ1) is 11.8. The van der Waals surface area contributed by atoms with E-state index in [4.69, 9.17) is 23.2 Å². The van der Waals surface area contributed by atoms with Crippen molar-refractivity contribution < 1.29 is 9.59 Å². The first kappa shape index (κ1) is 18.1. The maximum absolute atomic E-state index is 12.6. The third-order valence-electron chi connectivity index (χ3n) is 3.42. The smallest absolute Gasteiger partial charge is 0.269 e. The number of hydrogen-bond acceptors (Lipinski definition) is 5. The van der Waals surface area contributed by atoms with Crippen molar-refractivity contribution in [3.05, 3.63) is 43.7 Å². The summed E-state index contributed by atoms with van der Waals surface area (Å²) in [7, 11) is 3.34. The van der Waals surface area contributed by atoms with Gasteiger partial charge in [0.15, 0.2) is 5.13 Å². The molecule has 5 nitrogen and oxygen atoms in total. The Bertz CT molecular complexity index is 995. The number of thiophene rings is 1. The monoisotopic (exact) mass is 413 g/mol. The standard InChI is InChI=1S/C16H13Cl2N3O2S2/c1-7-12(15(23)21(2)3)25-16(19-7)20-14(22)13-11(18)9-5-4-8(17)6-10(9)24-13/h4-6H,1-3H3,(H,19,20,22). The van der Waals surface area contributed by atoms with Gasteiger partial charge in [-0.05, 0) is 19.1 Å². The number of anilines is 1. The zero-order valence-corrected chi connectivity index (χ0v) is 16.7. The molecular weight excluding hydrogens is 401 g/mol. The molecule has 0 bridgehead atoms. The van der Waals surface area contributed by atoms with Crippen LogP contribution < -0.4 is 5.32 Å². The van der Waals surface area contributed by atoms with E-state index in [1.54, 1.807) is 39.2 Å². The van der Waals surface area contributed by atoms with Crippen molar-refractivity contribution >= 4 is 72.9 Å². The van der Waals surface area contributed by atoms with Crippen molar-refractivity contribution in [1.29, 1.82) is 0 Å². The lowest BCUT2D eigenvalue weighted by atomic mass is 10.2. The fourth-order valence-corrected chi connectivity index (χ4v) is 4.86. The Morgan fingerprint density at radius 1 is 1.16 bits per heavy atom. The zero-order valence-electron chi connectivity index (χ0n) is 13.5. The van der Waals surface area contributed by atoms with E-state index < -0.39 is 0 Å². The van der Waals surface area contributed by atoms with Gasteiger partial charge < -0.3 is 4.90 Å². The Morgan fingerprint density at radius 3 is 2.56 bits per heavy atom. The molecule has 0 aliphatic heterocycles. The second kappa shape index (κ2) is 6.92. The Kier molecular flexibility index (Phi) is 5.02. The minimum atomic E-state index is -0.361. The summed E-state index contributed by atoms with van der Waals surface area (Å²) in [6.45, 7) is 1.73. The quantitative estimate of drug-likeness (QED) is 0.661. The van der Waals surface area contributed by atoms with Crippen LogP contribution in [-0.2, 0) is 0 Å². The highest BCUT2D eigenvalue weighted by molar-refractivity contribution is 7.22. The van der Waals surface area contributed by atoms with E-state index in [1.807, 2.05) is 0 Å². The molecule has 25 heavy (non-hydrogen) atoms. The summed E-state index contributed by atoms with van der Waals surface area (Å²) in [4.78, 5) is 31.3. The van der Waals surface area contributed by atoms with Crippen LogP contribution in [0.2, 0.25) is 10.0 Å². The molecule has 2 aromatic heterocycles. The summed E-state index contributed by atoms with van der Waals surface area (Å²) in [5.41, 5.74) is 0.577. The fourth-order valence-electron chi connectivity index (χ4n) is 2.19. The molecule has 0 fully saturated rings. The lowest BCUT2D eigenvalue weighted by Gasteiger charge is -2.07. The van der Waals surface area contributed by atoms with Gasteiger partial charge in [-0.1, -0.05) is 40.6 Å². The maximum Gasteiger partial charge on any atom is 0.269 e. The summed E-state index contributed by atoms with van der Waals surface area (Å²) < 4.78 is 0.835. The van der Waals surface area contributed by atoms with Gasteiger partial charge in [0, 0.05) is 29.2 Å². The van der Waals surface area contributed by atoms with Gasteiger partial charge in [-0.25, -0.2) is 4.98 Å². The molecule has 2 heterocycles. The fraction of sp³-hybridized carbons (Fsp3) is 0.188. The normalized spacial score (nSPS) is 10.9. The Morgan fingerprint density at radius 2 is 1.88 bits per heavy atom. The number of aromatic nitrogens is 1. The minimum absolute atomic E-state index is 0.148. The lowest BCUT2D eigenvalue weighted by Crippen LogP contribution is -2.21. The van der Waals surface area contributed by atoms with Gasteiger partial charge in [-0.15, -0.1) is 11.3 Å². The molecule has 130 valence electrons. The van der Waals surface area contributed by atoms with Crippen molar-refractivity contribution in [2.24, 2.45) is 0 Å². The molecule has 9 heteroatoms. The SMILES string of the molecule is Cc1nc(NC(=O)c2sc3cc(Cl)ccc3c2Cl)sc1C(=O)N(C)C. The maximum atomic E-state index is 12.6. The number of aryl methyl sites for hydroxylation is 1. The van der Waals surface area contributed by atoms with Crippen LogP contribution in [0.25, 0.3) is 10.1 Å². The third-order valence-corrected chi connectivity index (χ3v) is 6.37. The predicted octanol–water partition coefficient (Wildman–Crippen LogP) is 4.93. The van der Waals surface area contributed by atoms with Crippen molar-refractivity contribution in [3.8, 4) is 0 Å². The van der Waals surface area contributed by atoms with Gasteiger partial charge in [0.1, 0.15) is 9.75 Å². The van der Waals surface area contributed by atoms with Crippen LogP contribution in [0, 0.1) is 6.92 Å². The largest absolute Gasteiger partial charge is 0.344 e. The van der Waals surface area contributed by atoms with Crippen LogP contribution in [0.5, 0.6) is 0 Å². The van der Waals surface area contributed by atoms with Crippen molar-refractivity contribution in [3.63, 3.8) is 0 Å². The van der Waals surface area contributed by atoms with Crippen LogP contribution in [0.15, 0.2) is 18.2 Å².